The lowest BCUT2D eigenvalue weighted by Crippen LogP contribution is -2.42. The summed E-state index contributed by atoms with van der Waals surface area (Å²) in [4.78, 5) is 16.2. The Morgan fingerprint density at radius 2 is 2.15 bits per heavy atom. The molecule has 0 radical (unpaired) electrons. The van der Waals surface area contributed by atoms with E-state index >= 15 is 0 Å². The van der Waals surface area contributed by atoms with E-state index in [0.717, 1.165) is 25.7 Å². The minimum atomic E-state index is -0.227. The van der Waals surface area contributed by atoms with Gasteiger partial charge in [0.25, 0.3) is 0 Å². The number of hydrogen-bond acceptors (Lipinski definition) is 3. The van der Waals surface area contributed by atoms with Crippen molar-refractivity contribution in [3.63, 3.8) is 0 Å². The van der Waals surface area contributed by atoms with Gasteiger partial charge in [-0.15, -0.1) is 11.3 Å². The van der Waals surface area contributed by atoms with Crippen LogP contribution in [0.5, 0.6) is 0 Å². The predicted octanol–water partition coefficient (Wildman–Crippen LogP) is 3.54. The molecule has 1 aliphatic carbocycles. The van der Waals surface area contributed by atoms with Gasteiger partial charge in [-0.25, -0.2) is 0 Å². The fourth-order valence-corrected chi connectivity index (χ4v) is 4.29. The zero-order valence-electron chi connectivity index (χ0n) is 12.6. The molecule has 110 valence electrons. The van der Waals surface area contributed by atoms with Gasteiger partial charge in [-0.2, -0.15) is 0 Å². The first-order chi connectivity index (χ1) is 9.63. The van der Waals surface area contributed by atoms with Crippen LogP contribution in [0.2, 0.25) is 0 Å². The fourth-order valence-electron chi connectivity index (χ4n) is 3.51. The van der Waals surface area contributed by atoms with Crippen molar-refractivity contribution in [3.05, 3.63) is 22.4 Å². The Kier molecular flexibility index (Phi) is 3.63. The van der Waals surface area contributed by atoms with Gasteiger partial charge in [-0.1, -0.05) is 32.8 Å². The van der Waals surface area contributed by atoms with Crippen molar-refractivity contribution in [2.45, 2.75) is 64.2 Å². The van der Waals surface area contributed by atoms with Crippen LogP contribution in [0.4, 0.5) is 0 Å². The van der Waals surface area contributed by atoms with E-state index in [1.54, 1.807) is 11.3 Å². The number of hydrogen-bond donors (Lipinski definition) is 1. The van der Waals surface area contributed by atoms with Crippen LogP contribution >= 0.6 is 11.3 Å². The number of carbonyl (C=O) groups excluding carboxylic acids is 1. The highest BCUT2D eigenvalue weighted by molar-refractivity contribution is 7.10. The molecule has 1 saturated carbocycles. The predicted molar refractivity (Wildman–Crippen MR) is 82.5 cm³/mol. The third-order valence-corrected chi connectivity index (χ3v) is 5.99. The lowest BCUT2D eigenvalue weighted by Gasteiger charge is -2.34. The molecule has 2 heterocycles. The lowest BCUT2D eigenvalue weighted by molar-refractivity contribution is -0.133. The zero-order valence-corrected chi connectivity index (χ0v) is 13.4. The lowest BCUT2D eigenvalue weighted by atomic mass is 9.93. The maximum absolute atomic E-state index is 12.8. The Morgan fingerprint density at radius 1 is 1.45 bits per heavy atom. The second-order valence-electron chi connectivity index (χ2n) is 6.17. The molecule has 0 aromatic carbocycles. The molecular weight excluding hydrogens is 268 g/mol. The van der Waals surface area contributed by atoms with Gasteiger partial charge >= 0.3 is 0 Å². The van der Waals surface area contributed by atoms with Crippen LogP contribution in [-0.4, -0.2) is 22.4 Å². The van der Waals surface area contributed by atoms with Gasteiger partial charge in [-0.05, 0) is 37.1 Å². The Labute approximate surface area is 125 Å². The topological polar surface area (TPSA) is 32.3 Å². The summed E-state index contributed by atoms with van der Waals surface area (Å²) in [6.45, 7) is 6.68. The molecule has 0 bridgehead atoms. The quantitative estimate of drug-likeness (QED) is 0.900. The van der Waals surface area contributed by atoms with E-state index in [2.05, 4.69) is 48.5 Å². The molecule has 2 aliphatic rings. The van der Waals surface area contributed by atoms with E-state index in [4.69, 9.17) is 0 Å². The maximum atomic E-state index is 12.8. The second kappa shape index (κ2) is 5.15. The smallest absolute Gasteiger partial charge is 0.244 e. The Hall–Kier alpha value is -0.870. The van der Waals surface area contributed by atoms with Crippen molar-refractivity contribution in [3.8, 4) is 0 Å². The van der Waals surface area contributed by atoms with Crippen molar-refractivity contribution in [2.24, 2.45) is 5.92 Å². The highest BCUT2D eigenvalue weighted by Gasteiger charge is 2.60. The summed E-state index contributed by atoms with van der Waals surface area (Å²) in [6, 6.07) is 4.52. The number of carbonyl (C=O) groups is 1. The molecule has 1 spiro atoms. The largest absolute Gasteiger partial charge is 0.317 e. The molecule has 2 unspecified atom stereocenters. The minimum Gasteiger partial charge on any atom is -0.317 e. The second-order valence-corrected chi connectivity index (χ2v) is 7.15. The molecule has 20 heavy (non-hydrogen) atoms. The number of thiophene rings is 1. The monoisotopic (exact) mass is 292 g/mol. The third-order valence-electron chi connectivity index (χ3n) is 5.07. The van der Waals surface area contributed by atoms with Crippen LogP contribution in [0, 0.1) is 5.92 Å². The van der Waals surface area contributed by atoms with Gasteiger partial charge in [0.2, 0.25) is 5.91 Å². The SMILES string of the molecule is CCC(CC)C(C)N1C(=O)C2(CC2)NC1c1cccs1. The summed E-state index contributed by atoms with van der Waals surface area (Å²) in [5.41, 5.74) is -0.227. The molecule has 3 nitrogen and oxygen atoms in total. The van der Waals surface area contributed by atoms with Crippen LogP contribution in [0.1, 0.15) is 57.5 Å². The molecule has 1 aliphatic heterocycles. The minimum absolute atomic E-state index is 0.0839. The Balaban J connectivity index is 1.90. The van der Waals surface area contributed by atoms with Gasteiger partial charge in [0, 0.05) is 10.9 Å². The first-order valence-electron chi connectivity index (χ1n) is 7.77. The van der Waals surface area contributed by atoms with Gasteiger partial charge in [0.1, 0.15) is 11.7 Å². The summed E-state index contributed by atoms with van der Waals surface area (Å²) in [7, 11) is 0. The fraction of sp³-hybridized carbons (Fsp3) is 0.688. The molecule has 1 amide bonds. The molecule has 2 fully saturated rings. The van der Waals surface area contributed by atoms with Crippen LogP contribution < -0.4 is 5.32 Å². The van der Waals surface area contributed by atoms with E-state index in [-0.39, 0.29) is 11.7 Å². The number of nitrogens with one attached hydrogen (secondary N) is 1. The van der Waals surface area contributed by atoms with Gasteiger partial charge in [0.05, 0.1) is 0 Å². The van der Waals surface area contributed by atoms with Crippen molar-refractivity contribution < 1.29 is 4.79 Å². The molecule has 3 rings (SSSR count). The summed E-state index contributed by atoms with van der Waals surface area (Å²) in [5, 5.41) is 5.71. The normalized spacial score (nSPS) is 25.7. The maximum Gasteiger partial charge on any atom is 0.244 e. The molecule has 1 aromatic rings. The van der Waals surface area contributed by atoms with E-state index in [1.807, 2.05) is 0 Å². The summed E-state index contributed by atoms with van der Waals surface area (Å²) in [6.07, 6.45) is 4.34. The van der Waals surface area contributed by atoms with Gasteiger partial charge in [-0.3, -0.25) is 10.1 Å². The molecular formula is C16H24N2OS. The van der Waals surface area contributed by atoms with E-state index in [9.17, 15) is 4.79 Å². The van der Waals surface area contributed by atoms with Crippen LogP contribution in [0.3, 0.4) is 0 Å². The van der Waals surface area contributed by atoms with Crippen LogP contribution in [0.25, 0.3) is 0 Å². The number of amides is 1. The van der Waals surface area contributed by atoms with Crippen molar-refractivity contribution in [2.75, 3.05) is 0 Å². The standard InChI is InChI=1S/C16H24N2OS/c1-4-12(5-2)11(3)18-14(13-7-6-10-20-13)17-16(8-9-16)15(18)19/h6-7,10-12,14,17H,4-5,8-9H2,1-3H3. The highest BCUT2D eigenvalue weighted by Crippen LogP contribution is 2.48. The van der Waals surface area contributed by atoms with E-state index in [1.165, 1.54) is 4.88 Å². The molecule has 2 atom stereocenters. The third kappa shape index (κ3) is 2.09. The summed E-state index contributed by atoms with van der Waals surface area (Å²) >= 11 is 1.74. The average molecular weight is 292 g/mol. The van der Waals surface area contributed by atoms with E-state index in [0.29, 0.717) is 17.9 Å². The summed E-state index contributed by atoms with van der Waals surface area (Å²) < 4.78 is 0. The van der Waals surface area contributed by atoms with Crippen LogP contribution in [0.15, 0.2) is 17.5 Å². The number of nitrogens with zero attached hydrogens (tertiary/aromatic N) is 1. The van der Waals surface area contributed by atoms with Gasteiger partial charge in [0.15, 0.2) is 0 Å². The molecule has 4 heteroatoms. The first kappa shape index (κ1) is 14.1. The molecule has 1 aromatic heterocycles. The molecule has 1 N–H and O–H groups in total. The average Bonchev–Trinajstić information content (AvgIpc) is 2.92. The highest BCUT2D eigenvalue weighted by atomic mass is 32.1. The van der Waals surface area contributed by atoms with Gasteiger partial charge < -0.3 is 4.90 Å². The van der Waals surface area contributed by atoms with Crippen LogP contribution in [-0.2, 0) is 4.79 Å². The Morgan fingerprint density at radius 3 is 2.65 bits per heavy atom. The molecule has 1 saturated heterocycles. The number of rotatable bonds is 5. The van der Waals surface area contributed by atoms with Crippen molar-refractivity contribution in [1.82, 2.24) is 10.2 Å². The summed E-state index contributed by atoms with van der Waals surface area (Å²) in [5.74, 6) is 0.910. The Bertz CT molecular complexity index is 477. The van der Waals surface area contributed by atoms with E-state index < -0.39 is 0 Å². The van der Waals surface area contributed by atoms with Crippen molar-refractivity contribution >= 4 is 17.2 Å². The van der Waals surface area contributed by atoms with Crippen molar-refractivity contribution in [1.29, 1.82) is 0 Å². The first-order valence-corrected chi connectivity index (χ1v) is 8.64. The zero-order chi connectivity index (χ0) is 14.3.